The Morgan fingerprint density at radius 3 is 3.07 bits per heavy atom. The molecule has 0 unspecified atom stereocenters. The number of pyridine rings is 1. The van der Waals surface area contributed by atoms with E-state index in [1.165, 1.54) is 5.56 Å². The minimum Gasteiger partial charge on any atom is -0.380 e. The lowest BCUT2D eigenvalue weighted by atomic mass is 10.2. The Hall–Kier alpha value is -0.930. The second-order valence-electron chi connectivity index (χ2n) is 3.08. The number of nitrogens with one attached hydrogen (secondary N) is 1. The Balaban J connectivity index is 1.99. The molecular weight excluding hydrogens is 176 g/mol. The Kier molecular flexibility index (Phi) is 5.95. The summed E-state index contributed by atoms with van der Waals surface area (Å²) < 4.78 is 5.45. The van der Waals surface area contributed by atoms with E-state index in [0.29, 0.717) is 0 Å². The second kappa shape index (κ2) is 7.47. The standard InChI is InChI=1S/C11H18N2O/c1-2-12-7-9-14-8-5-11-4-3-6-13-10-11/h3-4,6,10,12H,2,5,7-9H2,1H3. The van der Waals surface area contributed by atoms with Crippen LogP contribution in [0.5, 0.6) is 0 Å². The van der Waals surface area contributed by atoms with Gasteiger partial charge in [-0.2, -0.15) is 0 Å². The lowest BCUT2D eigenvalue weighted by Gasteiger charge is -2.04. The van der Waals surface area contributed by atoms with Crippen molar-refractivity contribution >= 4 is 0 Å². The first-order valence-corrected chi connectivity index (χ1v) is 5.11. The van der Waals surface area contributed by atoms with E-state index in [9.17, 15) is 0 Å². The molecule has 0 aliphatic heterocycles. The van der Waals surface area contributed by atoms with E-state index in [4.69, 9.17) is 4.74 Å². The molecule has 0 fully saturated rings. The first-order chi connectivity index (χ1) is 6.93. The fourth-order valence-electron chi connectivity index (χ4n) is 1.16. The van der Waals surface area contributed by atoms with E-state index in [-0.39, 0.29) is 0 Å². The van der Waals surface area contributed by atoms with Gasteiger partial charge in [0.05, 0.1) is 13.2 Å². The predicted molar refractivity (Wildman–Crippen MR) is 57.3 cm³/mol. The van der Waals surface area contributed by atoms with E-state index in [1.54, 1.807) is 6.20 Å². The first kappa shape index (κ1) is 11.1. The van der Waals surface area contributed by atoms with Crippen molar-refractivity contribution in [2.24, 2.45) is 0 Å². The zero-order valence-corrected chi connectivity index (χ0v) is 8.70. The normalized spacial score (nSPS) is 10.4. The molecule has 0 bridgehead atoms. The minimum absolute atomic E-state index is 0.775. The van der Waals surface area contributed by atoms with Crippen LogP contribution in [0.25, 0.3) is 0 Å². The van der Waals surface area contributed by atoms with Crippen LogP contribution in [0.1, 0.15) is 12.5 Å². The van der Waals surface area contributed by atoms with Gasteiger partial charge in [0.2, 0.25) is 0 Å². The molecule has 0 aromatic carbocycles. The minimum atomic E-state index is 0.775. The van der Waals surface area contributed by atoms with Gasteiger partial charge in [-0.15, -0.1) is 0 Å². The maximum Gasteiger partial charge on any atom is 0.0591 e. The van der Waals surface area contributed by atoms with Gasteiger partial charge in [-0.25, -0.2) is 0 Å². The Morgan fingerprint density at radius 1 is 1.43 bits per heavy atom. The highest BCUT2D eigenvalue weighted by molar-refractivity contribution is 5.08. The average molecular weight is 194 g/mol. The van der Waals surface area contributed by atoms with Crippen molar-refractivity contribution in [3.8, 4) is 0 Å². The quantitative estimate of drug-likeness (QED) is 0.663. The maximum absolute atomic E-state index is 5.45. The smallest absolute Gasteiger partial charge is 0.0591 e. The molecule has 0 saturated heterocycles. The van der Waals surface area contributed by atoms with Crippen LogP contribution in [0.4, 0.5) is 0 Å². The van der Waals surface area contributed by atoms with Crippen molar-refractivity contribution in [2.45, 2.75) is 13.3 Å². The van der Waals surface area contributed by atoms with Gasteiger partial charge in [-0.1, -0.05) is 13.0 Å². The van der Waals surface area contributed by atoms with Crippen LogP contribution < -0.4 is 5.32 Å². The van der Waals surface area contributed by atoms with Crippen molar-refractivity contribution in [2.75, 3.05) is 26.3 Å². The highest BCUT2D eigenvalue weighted by Gasteiger charge is 1.92. The van der Waals surface area contributed by atoms with Crippen molar-refractivity contribution in [1.82, 2.24) is 10.3 Å². The van der Waals surface area contributed by atoms with Crippen LogP contribution in [0.2, 0.25) is 0 Å². The zero-order valence-electron chi connectivity index (χ0n) is 8.70. The second-order valence-corrected chi connectivity index (χ2v) is 3.08. The third kappa shape index (κ3) is 4.94. The summed E-state index contributed by atoms with van der Waals surface area (Å²) in [7, 11) is 0. The molecule has 1 heterocycles. The molecule has 1 aromatic rings. The molecule has 1 N–H and O–H groups in total. The number of rotatable bonds is 7. The summed E-state index contributed by atoms with van der Waals surface area (Å²) in [4.78, 5) is 4.05. The van der Waals surface area contributed by atoms with Crippen molar-refractivity contribution in [3.05, 3.63) is 30.1 Å². The topological polar surface area (TPSA) is 34.1 Å². The fourth-order valence-corrected chi connectivity index (χ4v) is 1.16. The molecule has 1 aromatic heterocycles. The molecule has 0 aliphatic carbocycles. The molecule has 0 spiro atoms. The Morgan fingerprint density at radius 2 is 2.36 bits per heavy atom. The van der Waals surface area contributed by atoms with E-state index in [1.807, 2.05) is 12.3 Å². The molecular formula is C11H18N2O. The highest BCUT2D eigenvalue weighted by atomic mass is 16.5. The van der Waals surface area contributed by atoms with Gasteiger partial charge in [0.15, 0.2) is 0 Å². The molecule has 3 heteroatoms. The Bertz CT molecular complexity index is 226. The average Bonchev–Trinajstić information content (AvgIpc) is 2.25. The summed E-state index contributed by atoms with van der Waals surface area (Å²) in [6.07, 6.45) is 4.61. The molecule has 0 radical (unpaired) electrons. The first-order valence-electron chi connectivity index (χ1n) is 5.11. The van der Waals surface area contributed by atoms with Crippen LogP contribution in [-0.2, 0) is 11.2 Å². The van der Waals surface area contributed by atoms with Crippen LogP contribution in [0.3, 0.4) is 0 Å². The third-order valence-corrected chi connectivity index (χ3v) is 1.93. The molecule has 78 valence electrons. The number of aromatic nitrogens is 1. The molecule has 1 rings (SSSR count). The van der Waals surface area contributed by atoms with Crippen LogP contribution in [0, 0.1) is 0 Å². The van der Waals surface area contributed by atoms with Gasteiger partial charge in [-0.3, -0.25) is 4.98 Å². The highest BCUT2D eigenvalue weighted by Crippen LogP contribution is 1.96. The maximum atomic E-state index is 5.45. The molecule has 0 saturated carbocycles. The van der Waals surface area contributed by atoms with Gasteiger partial charge in [0, 0.05) is 18.9 Å². The van der Waals surface area contributed by atoms with Crippen LogP contribution in [-0.4, -0.2) is 31.3 Å². The fraction of sp³-hybridized carbons (Fsp3) is 0.545. The lowest BCUT2D eigenvalue weighted by Crippen LogP contribution is -2.19. The SMILES string of the molecule is CCNCCOCCc1cccnc1. The van der Waals surface area contributed by atoms with Crippen LogP contribution in [0.15, 0.2) is 24.5 Å². The number of ether oxygens (including phenoxy) is 1. The summed E-state index contributed by atoms with van der Waals surface area (Å²) in [6.45, 7) is 5.59. The van der Waals surface area contributed by atoms with Crippen LogP contribution >= 0.6 is 0 Å². The number of hydrogen-bond acceptors (Lipinski definition) is 3. The molecule has 14 heavy (non-hydrogen) atoms. The van der Waals surface area contributed by atoms with Crippen molar-refractivity contribution in [3.63, 3.8) is 0 Å². The van der Waals surface area contributed by atoms with Crippen molar-refractivity contribution in [1.29, 1.82) is 0 Å². The van der Waals surface area contributed by atoms with Gasteiger partial charge in [0.25, 0.3) is 0 Å². The monoisotopic (exact) mass is 194 g/mol. The molecule has 0 aliphatic rings. The zero-order chi connectivity index (χ0) is 10.1. The van der Waals surface area contributed by atoms with Gasteiger partial charge in [-0.05, 0) is 24.6 Å². The summed E-state index contributed by atoms with van der Waals surface area (Å²) in [5.41, 5.74) is 1.23. The lowest BCUT2D eigenvalue weighted by molar-refractivity contribution is 0.139. The summed E-state index contributed by atoms with van der Waals surface area (Å²) in [6, 6.07) is 4.02. The summed E-state index contributed by atoms with van der Waals surface area (Å²) in [5, 5.41) is 3.21. The van der Waals surface area contributed by atoms with E-state index in [0.717, 1.165) is 32.7 Å². The number of likely N-dealkylation sites (N-methyl/N-ethyl adjacent to an activating group) is 1. The van der Waals surface area contributed by atoms with E-state index >= 15 is 0 Å². The Labute approximate surface area is 85.5 Å². The van der Waals surface area contributed by atoms with Gasteiger partial charge < -0.3 is 10.1 Å². The number of nitrogens with zero attached hydrogens (tertiary/aromatic N) is 1. The molecule has 0 atom stereocenters. The van der Waals surface area contributed by atoms with Crippen molar-refractivity contribution < 1.29 is 4.74 Å². The summed E-state index contributed by atoms with van der Waals surface area (Å²) in [5.74, 6) is 0. The summed E-state index contributed by atoms with van der Waals surface area (Å²) >= 11 is 0. The molecule has 3 nitrogen and oxygen atoms in total. The van der Waals surface area contributed by atoms with E-state index < -0.39 is 0 Å². The van der Waals surface area contributed by atoms with Gasteiger partial charge in [0.1, 0.15) is 0 Å². The predicted octanol–water partition coefficient (Wildman–Crippen LogP) is 1.25. The molecule has 0 amide bonds. The van der Waals surface area contributed by atoms with E-state index in [2.05, 4.69) is 23.3 Å². The number of hydrogen-bond donors (Lipinski definition) is 1. The van der Waals surface area contributed by atoms with Gasteiger partial charge >= 0.3 is 0 Å². The third-order valence-electron chi connectivity index (χ3n) is 1.93. The largest absolute Gasteiger partial charge is 0.380 e.